The van der Waals surface area contributed by atoms with E-state index >= 15 is 0 Å². The number of hydrogen-bond acceptors (Lipinski definition) is 4. The number of nitro groups is 1. The summed E-state index contributed by atoms with van der Waals surface area (Å²) in [6.07, 6.45) is 2.91. The SMILES string of the molecule is C=CCSc1ncc([N+](=O)[O-])[nH]1. The van der Waals surface area contributed by atoms with Gasteiger partial charge in [-0.05, 0) is 4.92 Å². The number of nitrogens with one attached hydrogen (secondary N) is 1. The van der Waals surface area contributed by atoms with E-state index in [2.05, 4.69) is 16.5 Å². The van der Waals surface area contributed by atoms with Crippen LogP contribution in [-0.2, 0) is 0 Å². The van der Waals surface area contributed by atoms with Crippen LogP contribution >= 0.6 is 11.8 Å². The third-order valence-corrected chi connectivity index (χ3v) is 1.96. The van der Waals surface area contributed by atoms with Gasteiger partial charge >= 0.3 is 5.82 Å². The van der Waals surface area contributed by atoms with E-state index in [1.807, 2.05) is 0 Å². The molecule has 0 aliphatic heterocycles. The third-order valence-electron chi connectivity index (χ3n) is 1.07. The predicted octanol–water partition coefficient (Wildman–Crippen LogP) is 1.60. The molecule has 1 N–H and O–H groups in total. The minimum absolute atomic E-state index is 0.0819. The standard InChI is InChI=1S/C6H7N3O2S/c1-2-3-12-6-7-4-5(8-6)9(10)11/h2,4H,1,3H2,(H,7,8). The molecule has 0 atom stereocenters. The summed E-state index contributed by atoms with van der Waals surface area (Å²) in [6, 6.07) is 0. The molecule has 0 fully saturated rings. The van der Waals surface area contributed by atoms with E-state index in [9.17, 15) is 10.1 Å². The van der Waals surface area contributed by atoms with Crippen LogP contribution in [0.3, 0.4) is 0 Å². The number of rotatable bonds is 4. The third kappa shape index (κ3) is 2.09. The molecule has 1 rings (SSSR count). The zero-order valence-corrected chi connectivity index (χ0v) is 7.00. The summed E-state index contributed by atoms with van der Waals surface area (Å²) in [5.41, 5.74) is 0. The molecule has 0 radical (unpaired) electrons. The van der Waals surface area contributed by atoms with Gasteiger partial charge in [-0.3, -0.25) is 0 Å². The van der Waals surface area contributed by atoms with Crippen molar-refractivity contribution in [3.8, 4) is 0 Å². The molecule has 1 heterocycles. The van der Waals surface area contributed by atoms with Gasteiger partial charge < -0.3 is 10.1 Å². The minimum atomic E-state index is -0.509. The first-order valence-corrected chi connectivity index (χ1v) is 4.15. The Morgan fingerprint density at radius 1 is 1.92 bits per heavy atom. The second-order valence-electron chi connectivity index (χ2n) is 1.93. The number of thioether (sulfide) groups is 1. The average molecular weight is 185 g/mol. The summed E-state index contributed by atoms with van der Waals surface area (Å²) in [5, 5.41) is 10.7. The molecule has 1 aromatic rings. The first-order valence-electron chi connectivity index (χ1n) is 3.17. The monoisotopic (exact) mass is 185 g/mol. The summed E-state index contributed by atoms with van der Waals surface area (Å²) in [4.78, 5) is 16.0. The summed E-state index contributed by atoms with van der Waals surface area (Å²) >= 11 is 1.37. The lowest BCUT2D eigenvalue weighted by Crippen LogP contribution is -1.86. The van der Waals surface area contributed by atoms with E-state index in [4.69, 9.17) is 0 Å². The molecule has 1 aromatic heterocycles. The second-order valence-corrected chi connectivity index (χ2v) is 2.94. The average Bonchev–Trinajstić information content (AvgIpc) is 2.48. The quantitative estimate of drug-likeness (QED) is 0.334. The van der Waals surface area contributed by atoms with E-state index in [0.29, 0.717) is 10.9 Å². The van der Waals surface area contributed by atoms with E-state index in [1.165, 1.54) is 18.0 Å². The summed E-state index contributed by atoms with van der Waals surface area (Å²) in [5.74, 6) is 0.603. The van der Waals surface area contributed by atoms with Crippen molar-refractivity contribution in [3.63, 3.8) is 0 Å². The van der Waals surface area contributed by atoms with Crippen LogP contribution in [0.2, 0.25) is 0 Å². The van der Waals surface area contributed by atoms with Gasteiger partial charge in [0.1, 0.15) is 6.20 Å². The highest BCUT2D eigenvalue weighted by Gasteiger charge is 2.08. The summed E-state index contributed by atoms with van der Waals surface area (Å²) in [6.45, 7) is 3.52. The molecule has 0 aromatic carbocycles. The fourth-order valence-corrected chi connectivity index (χ4v) is 1.18. The first kappa shape index (κ1) is 8.79. The van der Waals surface area contributed by atoms with Gasteiger partial charge in [0.2, 0.25) is 0 Å². The van der Waals surface area contributed by atoms with Crippen LogP contribution in [-0.4, -0.2) is 20.6 Å². The highest BCUT2D eigenvalue weighted by Crippen LogP contribution is 2.16. The van der Waals surface area contributed by atoms with Crippen LogP contribution < -0.4 is 0 Å². The number of aromatic nitrogens is 2. The van der Waals surface area contributed by atoms with Gasteiger partial charge in [0.15, 0.2) is 0 Å². The molecule has 0 aliphatic rings. The largest absolute Gasteiger partial charge is 0.358 e. The maximum atomic E-state index is 10.2. The zero-order valence-electron chi connectivity index (χ0n) is 6.19. The molecular weight excluding hydrogens is 178 g/mol. The van der Waals surface area contributed by atoms with Gasteiger partial charge in [-0.15, -0.1) is 6.58 Å². The molecule has 12 heavy (non-hydrogen) atoms. The normalized spacial score (nSPS) is 9.67. The second kappa shape index (κ2) is 3.91. The van der Waals surface area contributed by atoms with E-state index in [-0.39, 0.29) is 5.82 Å². The Morgan fingerprint density at radius 3 is 3.17 bits per heavy atom. The van der Waals surface area contributed by atoms with Crippen LogP contribution in [0.4, 0.5) is 5.82 Å². The lowest BCUT2D eigenvalue weighted by Gasteiger charge is -1.86. The topological polar surface area (TPSA) is 71.8 Å². The van der Waals surface area contributed by atoms with Crippen molar-refractivity contribution in [2.75, 3.05) is 5.75 Å². The van der Waals surface area contributed by atoms with Crippen molar-refractivity contribution in [3.05, 3.63) is 29.0 Å². The van der Waals surface area contributed by atoms with Crippen LogP contribution in [0, 0.1) is 10.1 Å². The Morgan fingerprint density at radius 2 is 2.67 bits per heavy atom. The molecule has 6 heteroatoms. The van der Waals surface area contributed by atoms with Gasteiger partial charge in [-0.1, -0.05) is 17.8 Å². The molecule has 0 amide bonds. The Hall–Kier alpha value is -1.30. The fraction of sp³-hybridized carbons (Fsp3) is 0.167. The molecule has 0 aliphatic carbocycles. The van der Waals surface area contributed by atoms with Gasteiger partial charge in [0.25, 0.3) is 5.16 Å². The smallest absolute Gasteiger partial charge is 0.341 e. The first-order chi connectivity index (χ1) is 5.74. The minimum Gasteiger partial charge on any atom is -0.358 e. The maximum absolute atomic E-state index is 10.2. The molecule has 0 saturated heterocycles. The lowest BCUT2D eigenvalue weighted by molar-refractivity contribution is -0.389. The van der Waals surface area contributed by atoms with Gasteiger partial charge in [-0.25, -0.2) is 9.97 Å². The fourth-order valence-electron chi connectivity index (χ4n) is 0.598. The number of aromatic amines is 1. The van der Waals surface area contributed by atoms with E-state index < -0.39 is 4.92 Å². The van der Waals surface area contributed by atoms with Crippen molar-refractivity contribution in [1.82, 2.24) is 9.97 Å². The molecular formula is C6H7N3O2S. The highest BCUT2D eigenvalue weighted by molar-refractivity contribution is 7.99. The Labute approximate surface area is 73.0 Å². The van der Waals surface area contributed by atoms with Crippen LogP contribution in [0.15, 0.2) is 24.0 Å². The van der Waals surface area contributed by atoms with Crippen molar-refractivity contribution >= 4 is 17.6 Å². The molecule has 64 valence electrons. The molecule has 0 unspecified atom stereocenters. The summed E-state index contributed by atoms with van der Waals surface area (Å²) in [7, 11) is 0. The van der Waals surface area contributed by atoms with Crippen molar-refractivity contribution < 1.29 is 4.92 Å². The van der Waals surface area contributed by atoms with E-state index in [0.717, 1.165) is 0 Å². The van der Waals surface area contributed by atoms with Crippen molar-refractivity contribution in [2.45, 2.75) is 5.16 Å². The molecule has 5 nitrogen and oxygen atoms in total. The van der Waals surface area contributed by atoms with Crippen LogP contribution in [0.1, 0.15) is 0 Å². The predicted molar refractivity (Wildman–Crippen MR) is 46.2 cm³/mol. The number of imidazole rings is 1. The maximum Gasteiger partial charge on any atom is 0.341 e. The Balaban J connectivity index is 2.64. The van der Waals surface area contributed by atoms with E-state index in [1.54, 1.807) is 6.08 Å². The number of nitrogens with zero attached hydrogens (tertiary/aromatic N) is 2. The molecule has 0 bridgehead atoms. The Bertz CT molecular complexity index is 297. The van der Waals surface area contributed by atoms with Crippen molar-refractivity contribution in [1.29, 1.82) is 0 Å². The zero-order chi connectivity index (χ0) is 8.97. The molecule has 0 saturated carbocycles. The number of hydrogen-bond donors (Lipinski definition) is 1. The van der Waals surface area contributed by atoms with Crippen molar-refractivity contribution in [2.24, 2.45) is 0 Å². The lowest BCUT2D eigenvalue weighted by atomic mass is 10.8. The van der Waals surface area contributed by atoms with Gasteiger partial charge in [0, 0.05) is 5.75 Å². The van der Waals surface area contributed by atoms with Gasteiger partial charge in [0.05, 0.1) is 0 Å². The summed E-state index contributed by atoms with van der Waals surface area (Å²) < 4.78 is 0. The highest BCUT2D eigenvalue weighted by atomic mass is 32.2. The van der Waals surface area contributed by atoms with Gasteiger partial charge in [-0.2, -0.15) is 0 Å². The molecule has 0 spiro atoms. The number of H-pyrrole nitrogens is 1. The van der Waals surface area contributed by atoms with Crippen LogP contribution in [0.25, 0.3) is 0 Å². The van der Waals surface area contributed by atoms with Crippen LogP contribution in [0.5, 0.6) is 0 Å². The Kier molecular flexibility index (Phi) is 2.87.